The number of morpholine rings is 1. The second-order valence-corrected chi connectivity index (χ2v) is 6.35. The summed E-state index contributed by atoms with van der Waals surface area (Å²) in [6.07, 6.45) is 0.622. The molecule has 1 saturated heterocycles. The van der Waals surface area contributed by atoms with Gasteiger partial charge in [-0.25, -0.2) is 0 Å². The molecule has 22 heavy (non-hydrogen) atoms. The van der Waals surface area contributed by atoms with E-state index >= 15 is 0 Å². The fraction of sp³-hybridized carbons (Fsp3) is 0.312. The lowest BCUT2D eigenvalue weighted by Crippen LogP contribution is -2.40. The Bertz CT molecular complexity index is 681. The predicted octanol–water partition coefficient (Wildman–Crippen LogP) is 4.46. The third-order valence-electron chi connectivity index (χ3n) is 3.56. The van der Waals surface area contributed by atoms with Gasteiger partial charge in [0.1, 0.15) is 11.5 Å². The van der Waals surface area contributed by atoms with Gasteiger partial charge in [0.25, 0.3) is 0 Å². The maximum atomic E-state index is 6.04. The average molecular weight is 356 g/mol. The molecule has 1 aliphatic rings. The summed E-state index contributed by atoms with van der Waals surface area (Å²) in [6.45, 7) is 3.15. The third-order valence-corrected chi connectivity index (χ3v) is 4.70. The fourth-order valence-corrected chi connectivity index (χ4v) is 2.97. The van der Waals surface area contributed by atoms with E-state index in [1.54, 1.807) is 12.1 Å². The number of thiocarbonyl (C=S) groups is 1. The molecule has 1 aliphatic heterocycles. The van der Waals surface area contributed by atoms with Crippen molar-refractivity contribution in [1.29, 1.82) is 0 Å². The number of ether oxygens (including phenoxy) is 1. The van der Waals surface area contributed by atoms with E-state index in [1.165, 1.54) is 0 Å². The van der Waals surface area contributed by atoms with Gasteiger partial charge in [0, 0.05) is 18.7 Å². The Hall–Kier alpha value is -1.07. The lowest BCUT2D eigenvalue weighted by atomic mass is 10.2. The number of hydrogen-bond donors (Lipinski definition) is 0. The normalized spacial score (nSPS) is 15.1. The van der Waals surface area contributed by atoms with E-state index in [1.807, 2.05) is 18.2 Å². The van der Waals surface area contributed by atoms with Crippen LogP contribution in [0.5, 0.6) is 0 Å². The smallest absolute Gasteiger partial charge is 0.134 e. The third kappa shape index (κ3) is 3.63. The second kappa shape index (κ2) is 7.01. The molecule has 0 saturated carbocycles. The highest BCUT2D eigenvalue weighted by atomic mass is 35.5. The highest BCUT2D eigenvalue weighted by molar-refractivity contribution is 7.80. The first-order valence-corrected chi connectivity index (χ1v) is 8.19. The van der Waals surface area contributed by atoms with Gasteiger partial charge in [-0.15, -0.1) is 0 Å². The van der Waals surface area contributed by atoms with Crippen molar-refractivity contribution in [3.05, 3.63) is 46.1 Å². The van der Waals surface area contributed by atoms with Crippen LogP contribution in [0.3, 0.4) is 0 Å². The van der Waals surface area contributed by atoms with E-state index in [0.29, 0.717) is 16.5 Å². The van der Waals surface area contributed by atoms with E-state index in [9.17, 15) is 0 Å². The van der Waals surface area contributed by atoms with Crippen molar-refractivity contribution in [2.24, 2.45) is 0 Å². The van der Waals surface area contributed by atoms with Gasteiger partial charge in [0.2, 0.25) is 0 Å². The largest absolute Gasteiger partial charge is 0.461 e. The van der Waals surface area contributed by atoms with E-state index in [-0.39, 0.29) is 0 Å². The summed E-state index contributed by atoms with van der Waals surface area (Å²) >= 11 is 17.5. The van der Waals surface area contributed by atoms with E-state index < -0.39 is 0 Å². The Labute approximate surface area is 144 Å². The summed E-state index contributed by atoms with van der Waals surface area (Å²) in [5, 5.41) is 1.05. The highest BCUT2D eigenvalue weighted by Crippen LogP contribution is 2.29. The first kappa shape index (κ1) is 15.8. The molecule has 3 rings (SSSR count). The molecule has 3 nitrogen and oxygen atoms in total. The predicted molar refractivity (Wildman–Crippen MR) is 92.9 cm³/mol. The van der Waals surface area contributed by atoms with Crippen LogP contribution in [0, 0.1) is 0 Å². The molecule has 2 aromatic rings. The molecule has 1 aromatic carbocycles. The lowest BCUT2D eigenvalue weighted by Gasteiger charge is -2.28. The Morgan fingerprint density at radius 2 is 1.86 bits per heavy atom. The molecule has 2 heterocycles. The van der Waals surface area contributed by atoms with Crippen LogP contribution in [0.4, 0.5) is 0 Å². The van der Waals surface area contributed by atoms with Crippen LogP contribution in [-0.4, -0.2) is 36.2 Å². The van der Waals surface area contributed by atoms with Crippen molar-refractivity contribution in [3.63, 3.8) is 0 Å². The van der Waals surface area contributed by atoms with Gasteiger partial charge < -0.3 is 14.1 Å². The zero-order valence-electron chi connectivity index (χ0n) is 11.9. The molecule has 0 aliphatic carbocycles. The average Bonchev–Trinajstić information content (AvgIpc) is 2.99. The van der Waals surface area contributed by atoms with Crippen molar-refractivity contribution < 1.29 is 9.15 Å². The summed E-state index contributed by atoms with van der Waals surface area (Å²) in [4.78, 5) is 3.05. The fourth-order valence-electron chi connectivity index (χ4n) is 2.35. The molecule has 0 spiro atoms. The number of benzene rings is 1. The second-order valence-electron chi connectivity index (χ2n) is 5.06. The van der Waals surface area contributed by atoms with Gasteiger partial charge in [0.05, 0.1) is 34.7 Å². The van der Waals surface area contributed by atoms with E-state index in [2.05, 4.69) is 4.90 Å². The van der Waals surface area contributed by atoms with Gasteiger partial charge in [-0.3, -0.25) is 0 Å². The molecule has 116 valence electrons. The minimum Gasteiger partial charge on any atom is -0.461 e. The number of hydrogen-bond acceptors (Lipinski definition) is 3. The van der Waals surface area contributed by atoms with Crippen LogP contribution in [0.2, 0.25) is 10.0 Å². The lowest BCUT2D eigenvalue weighted by molar-refractivity contribution is 0.0683. The highest BCUT2D eigenvalue weighted by Gasteiger charge is 2.15. The van der Waals surface area contributed by atoms with Crippen LogP contribution >= 0.6 is 35.4 Å². The number of halogens is 2. The molecular weight excluding hydrogens is 341 g/mol. The van der Waals surface area contributed by atoms with E-state index in [0.717, 1.165) is 48.4 Å². The minimum absolute atomic E-state index is 0.515. The van der Waals surface area contributed by atoms with Crippen molar-refractivity contribution in [2.75, 3.05) is 26.3 Å². The van der Waals surface area contributed by atoms with Crippen molar-refractivity contribution >= 4 is 40.4 Å². The Morgan fingerprint density at radius 1 is 1.09 bits per heavy atom. The summed E-state index contributed by atoms with van der Waals surface area (Å²) in [7, 11) is 0. The van der Waals surface area contributed by atoms with Crippen LogP contribution in [0.1, 0.15) is 5.76 Å². The quantitative estimate of drug-likeness (QED) is 0.759. The van der Waals surface area contributed by atoms with Crippen LogP contribution < -0.4 is 0 Å². The van der Waals surface area contributed by atoms with Crippen LogP contribution in [0.25, 0.3) is 11.3 Å². The molecule has 0 unspecified atom stereocenters. The molecular formula is C16H15Cl2NO2S. The molecule has 1 fully saturated rings. The number of furan rings is 1. The zero-order chi connectivity index (χ0) is 15.5. The molecule has 0 N–H and O–H groups in total. The molecule has 6 heteroatoms. The van der Waals surface area contributed by atoms with Crippen LogP contribution in [-0.2, 0) is 11.2 Å². The maximum absolute atomic E-state index is 6.04. The SMILES string of the molecule is S=C(Cc1ccc(-c2ccc(Cl)c(Cl)c2)o1)N1CCOCC1. The molecule has 1 aromatic heterocycles. The van der Waals surface area contributed by atoms with Gasteiger partial charge in [-0.05, 0) is 30.3 Å². The van der Waals surface area contributed by atoms with Gasteiger partial charge >= 0.3 is 0 Å². The topological polar surface area (TPSA) is 25.6 Å². The summed E-state index contributed by atoms with van der Waals surface area (Å²) in [5.74, 6) is 1.61. The Kier molecular flexibility index (Phi) is 5.03. The monoisotopic (exact) mass is 355 g/mol. The molecule has 0 radical (unpaired) electrons. The van der Waals surface area contributed by atoms with Crippen molar-refractivity contribution in [3.8, 4) is 11.3 Å². The number of nitrogens with zero attached hydrogens (tertiary/aromatic N) is 1. The molecule has 0 amide bonds. The van der Waals surface area contributed by atoms with Crippen molar-refractivity contribution in [1.82, 2.24) is 4.90 Å². The van der Waals surface area contributed by atoms with E-state index in [4.69, 9.17) is 44.6 Å². The first-order valence-electron chi connectivity index (χ1n) is 7.03. The molecule has 0 bridgehead atoms. The maximum Gasteiger partial charge on any atom is 0.134 e. The zero-order valence-corrected chi connectivity index (χ0v) is 14.2. The summed E-state index contributed by atoms with van der Waals surface area (Å²) < 4.78 is 11.2. The van der Waals surface area contributed by atoms with Gasteiger partial charge in [-0.1, -0.05) is 35.4 Å². The first-order chi connectivity index (χ1) is 10.6. The summed E-state index contributed by atoms with van der Waals surface area (Å²) in [5.41, 5.74) is 0.901. The number of rotatable bonds is 3. The Morgan fingerprint density at radius 3 is 2.59 bits per heavy atom. The minimum atomic E-state index is 0.515. The van der Waals surface area contributed by atoms with Gasteiger partial charge in [0.15, 0.2) is 0 Å². The Balaban J connectivity index is 1.70. The van der Waals surface area contributed by atoms with Crippen LogP contribution in [0.15, 0.2) is 34.7 Å². The standard InChI is InChI=1S/C16H15Cl2NO2S/c17-13-3-1-11(9-14(13)18)15-4-2-12(21-15)10-16(22)19-5-7-20-8-6-19/h1-4,9H,5-8,10H2. The van der Waals surface area contributed by atoms with Crippen molar-refractivity contribution in [2.45, 2.75) is 6.42 Å². The van der Waals surface area contributed by atoms with Gasteiger partial charge in [-0.2, -0.15) is 0 Å². The molecule has 0 atom stereocenters. The summed E-state index contributed by atoms with van der Waals surface area (Å²) in [6, 6.07) is 9.32.